The Balaban J connectivity index is 2.21. The van der Waals surface area contributed by atoms with Crippen molar-refractivity contribution in [1.82, 2.24) is 4.98 Å². The molecule has 2 rings (SSSR count). The van der Waals surface area contributed by atoms with E-state index in [4.69, 9.17) is 9.73 Å². The molecule has 104 valence electrons. The Morgan fingerprint density at radius 3 is 2.89 bits per heavy atom. The van der Waals surface area contributed by atoms with E-state index >= 15 is 0 Å². The van der Waals surface area contributed by atoms with Crippen LogP contribution in [0.15, 0.2) is 10.4 Å². The first-order valence-electron chi connectivity index (χ1n) is 6.32. The molecule has 1 aromatic heterocycles. The highest BCUT2D eigenvalue weighted by molar-refractivity contribution is 8.14. The standard InChI is InChI=1S/C13H18N2O2S2/c1-5-17-11(16)9-6-18-12(14-9)13(4)7-19-10(15-13)8(2)3/h6,8H,5,7H2,1-4H3/t13-/m0/s1. The molecule has 0 aromatic carbocycles. The fourth-order valence-corrected chi connectivity index (χ4v) is 3.96. The number of hydrogen-bond acceptors (Lipinski definition) is 6. The Bertz CT molecular complexity index is 510. The zero-order valence-electron chi connectivity index (χ0n) is 11.6. The van der Waals surface area contributed by atoms with E-state index in [2.05, 4.69) is 25.8 Å². The summed E-state index contributed by atoms with van der Waals surface area (Å²) in [6.07, 6.45) is 0. The molecule has 0 spiro atoms. The maximum atomic E-state index is 11.6. The first-order chi connectivity index (χ1) is 8.96. The van der Waals surface area contributed by atoms with Gasteiger partial charge in [0, 0.05) is 17.1 Å². The topological polar surface area (TPSA) is 51.5 Å². The van der Waals surface area contributed by atoms with Gasteiger partial charge in [-0.2, -0.15) is 0 Å². The van der Waals surface area contributed by atoms with Gasteiger partial charge >= 0.3 is 5.97 Å². The summed E-state index contributed by atoms with van der Waals surface area (Å²) in [7, 11) is 0. The number of aliphatic imine (C=N–C) groups is 1. The molecule has 0 saturated heterocycles. The van der Waals surface area contributed by atoms with Crippen molar-refractivity contribution in [2.75, 3.05) is 12.4 Å². The smallest absolute Gasteiger partial charge is 0.357 e. The summed E-state index contributed by atoms with van der Waals surface area (Å²) in [5.74, 6) is 0.972. The minimum Gasteiger partial charge on any atom is -0.461 e. The van der Waals surface area contributed by atoms with Crippen molar-refractivity contribution in [3.8, 4) is 0 Å². The number of carbonyl (C=O) groups excluding carboxylic acids is 1. The molecule has 0 bridgehead atoms. The summed E-state index contributed by atoms with van der Waals surface area (Å²) in [5.41, 5.74) is 0.0842. The lowest BCUT2D eigenvalue weighted by molar-refractivity contribution is 0.0520. The summed E-state index contributed by atoms with van der Waals surface area (Å²) in [6, 6.07) is 0. The van der Waals surface area contributed by atoms with Crippen molar-refractivity contribution in [3.05, 3.63) is 16.1 Å². The van der Waals surface area contributed by atoms with E-state index in [0.717, 1.165) is 15.8 Å². The molecule has 0 N–H and O–H groups in total. The molecule has 0 aliphatic carbocycles. The van der Waals surface area contributed by atoms with Gasteiger partial charge in [-0.15, -0.1) is 23.1 Å². The quantitative estimate of drug-likeness (QED) is 0.800. The average molecular weight is 298 g/mol. The third kappa shape index (κ3) is 3.00. The zero-order chi connectivity index (χ0) is 14.0. The first kappa shape index (κ1) is 14.5. The Kier molecular flexibility index (Phi) is 4.30. The largest absolute Gasteiger partial charge is 0.461 e. The number of hydrogen-bond donors (Lipinski definition) is 0. The predicted molar refractivity (Wildman–Crippen MR) is 80.2 cm³/mol. The number of esters is 1. The van der Waals surface area contributed by atoms with E-state index in [0.29, 0.717) is 18.2 Å². The second kappa shape index (κ2) is 5.63. The fraction of sp³-hybridized carbons (Fsp3) is 0.615. The third-order valence-corrected chi connectivity index (χ3v) is 5.46. The van der Waals surface area contributed by atoms with Crippen molar-refractivity contribution >= 4 is 34.1 Å². The summed E-state index contributed by atoms with van der Waals surface area (Å²) in [6.45, 7) is 8.52. The number of thiazole rings is 1. The molecule has 4 nitrogen and oxygen atoms in total. The van der Waals surface area contributed by atoms with E-state index in [1.807, 2.05) is 0 Å². The lowest BCUT2D eigenvalue weighted by Crippen LogP contribution is -2.19. The van der Waals surface area contributed by atoms with Gasteiger partial charge in [0.25, 0.3) is 0 Å². The SMILES string of the molecule is CCOC(=O)c1csc([C@]2(C)CSC(C(C)C)=N2)n1. The van der Waals surface area contributed by atoms with Crippen LogP contribution < -0.4 is 0 Å². The van der Waals surface area contributed by atoms with Crippen LogP contribution in [-0.2, 0) is 10.3 Å². The van der Waals surface area contributed by atoms with Crippen molar-refractivity contribution in [3.63, 3.8) is 0 Å². The van der Waals surface area contributed by atoms with E-state index in [-0.39, 0.29) is 11.5 Å². The molecule has 0 amide bonds. The molecule has 1 atom stereocenters. The molecule has 0 radical (unpaired) electrons. The van der Waals surface area contributed by atoms with E-state index in [9.17, 15) is 4.79 Å². The van der Waals surface area contributed by atoms with Crippen molar-refractivity contribution in [1.29, 1.82) is 0 Å². The number of carbonyl (C=O) groups is 1. The summed E-state index contributed by atoms with van der Waals surface area (Å²) in [4.78, 5) is 20.8. The van der Waals surface area contributed by atoms with Gasteiger partial charge in [-0.05, 0) is 13.8 Å². The van der Waals surface area contributed by atoms with Crippen LogP contribution in [0.4, 0.5) is 0 Å². The summed E-state index contributed by atoms with van der Waals surface area (Å²) < 4.78 is 4.96. The Morgan fingerprint density at radius 2 is 2.32 bits per heavy atom. The minimum absolute atomic E-state index is 0.306. The van der Waals surface area contributed by atoms with Gasteiger partial charge < -0.3 is 4.74 Å². The van der Waals surface area contributed by atoms with E-state index in [1.54, 1.807) is 24.1 Å². The van der Waals surface area contributed by atoms with Gasteiger partial charge in [-0.25, -0.2) is 9.78 Å². The van der Waals surface area contributed by atoms with Crippen LogP contribution in [0.2, 0.25) is 0 Å². The van der Waals surface area contributed by atoms with Crippen molar-refractivity contribution < 1.29 is 9.53 Å². The maximum absolute atomic E-state index is 11.6. The van der Waals surface area contributed by atoms with Gasteiger partial charge in [-0.3, -0.25) is 4.99 Å². The lowest BCUT2D eigenvalue weighted by atomic mass is 10.1. The second-order valence-corrected chi connectivity index (χ2v) is 6.78. The Morgan fingerprint density at radius 1 is 1.58 bits per heavy atom. The van der Waals surface area contributed by atoms with Crippen LogP contribution in [-0.4, -0.2) is 28.4 Å². The Labute approximate surface area is 121 Å². The highest BCUT2D eigenvalue weighted by Crippen LogP contribution is 2.39. The molecule has 1 aliphatic heterocycles. The van der Waals surface area contributed by atoms with Crippen LogP contribution in [0, 0.1) is 5.92 Å². The second-order valence-electron chi connectivity index (χ2n) is 4.93. The van der Waals surface area contributed by atoms with Crippen molar-refractivity contribution in [2.45, 2.75) is 33.2 Å². The van der Waals surface area contributed by atoms with Gasteiger partial charge in [0.1, 0.15) is 10.5 Å². The third-order valence-electron chi connectivity index (χ3n) is 2.80. The fourth-order valence-electron chi connectivity index (χ4n) is 1.75. The van der Waals surface area contributed by atoms with Crippen LogP contribution in [0.25, 0.3) is 0 Å². The van der Waals surface area contributed by atoms with Gasteiger partial charge in [0.2, 0.25) is 0 Å². The lowest BCUT2D eigenvalue weighted by Gasteiger charge is -2.15. The highest BCUT2D eigenvalue weighted by Gasteiger charge is 2.36. The van der Waals surface area contributed by atoms with Crippen LogP contribution >= 0.6 is 23.1 Å². The monoisotopic (exact) mass is 298 g/mol. The molecule has 0 unspecified atom stereocenters. The maximum Gasteiger partial charge on any atom is 0.357 e. The molecule has 1 aromatic rings. The normalized spacial score (nSPS) is 22.7. The molecular formula is C13H18N2O2S2. The molecule has 2 heterocycles. The van der Waals surface area contributed by atoms with Crippen LogP contribution in [0.5, 0.6) is 0 Å². The molecule has 1 aliphatic rings. The average Bonchev–Trinajstić information content (AvgIpc) is 2.96. The summed E-state index contributed by atoms with van der Waals surface area (Å²) in [5, 5.41) is 3.81. The first-order valence-corrected chi connectivity index (χ1v) is 8.18. The van der Waals surface area contributed by atoms with Crippen molar-refractivity contribution in [2.24, 2.45) is 10.9 Å². The number of rotatable bonds is 4. The number of ether oxygens (including phenoxy) is 1. The molecule has 0 saturated carbocycles. The number of aromatic nitrogens is 1. The molecule has 0 fully saturated rings. The van der Waals surface area contributed by atoms with E-state index in [1.165, 1.54) is 11.3 Å². The molecular weight excluding hydrogens is 280 g/mol. The number of thioether (sulfide) groups is 1. The highest BCUT2D eigenvalue weighted by atomic mass is 32.2. The summed E-state index contributed by atoms with van der Waals surface area (Å²) >= 11 is 3.26. The van der Waals surface area contributed by atoms with Gasteiger partial charge in [0.05, 0.1) is 11.7 Å². The predicted octanol–water partition coefficient (Wildman–Crippen LogP) is 3.34. The van der Waals surface area contributed by atoms with Gasteiger partial charge in [0.15, 0.2) is 5.69 Å². The zero-order valence-corrected chi connectivity index (χ0v) is 13.2. The van der Waals surface area contributed by atoms with E-state index < -0.39 is 0 Å². The molecule has 6 heteroatoms. The Hall–Kier alpha value is -0.880. The molecule has 19 heavy (non-hydrogen) atoms. The van der Waals surface area contributed by atoms with Gasteiger partial charge in [-0.1, -0.05) is 13.8 Å². The van der Waals surface area contributed by atoms with Crippen LogP contribution in [0.3, 0.4) is 0 Å². The number of nitrogens with zero attached hydrogens (tertiary/aromatic N) is 2. The van der Waals surface area contributed by atoms with Crippen LogP contribution in [0.1, 0.15) is 43.2 Å². The minimum atomic E-state index is -0.354.